The van der Waals surface area contributed by atoms with Crippen molar-refractivity contribution in [2.75, 3.05) is 11.9 Å². The number of fused-ring (bicyclic) bond motifs is 1. The molecule has 0 aliphatic carbocycles. The van der Waals surface area contributed by atoms with E-state index < -0.39 is 29.4 Å². The Hall–Kier alpha value is -4.47. The first-order valence-corrected chi connectivity index (χ1v) is 10.2. The molecule has 0 aliphatic heterocycles. The van der Waals surface area contributed by atoms with Crippen molar-refractivity contribution in [3.63, 3.8) is 0 Å². The van der Waals surface area contributed by atoms with E-state index in [-0.39, 0.29) is 46.1 Å². The maximum Gasteiger partial charge on any atom is 0.421 e. The molecular formula is C23H14F6N6O. The standard InChI is InChI=1S/C23H14F6N6O/c1-2-36-21-14(22(24,25)26)5-6-18(35-21)33-16-7-8-31-20-19(16)32-11-17(34-20)13-4-3-12(10-30)9-15(13)23(27,28)29/h3-9,11H,2H2,1H3,(H,31,33,34,35). The third-order valence-corrected chi connectivity index (χ3v) is 4.89. The minimum atomic E-state index is -4.75. The minimum Gasteiger partial charge on any atom is -0.477 e. The third kappa shape index (κ3) is 4.97. The van der Waals surface area contributed by atoms with Gasteiger partial charge in [0.2, 0.25) is 5.88 Å². The lowest BCUT2D eigenvalue weighted by atomic mass is 10.0. The molecule has 7 nitrogen and oxygen atoms in total. The van der Waals surface area contributed by atoms with Crippen molar-refractivity contribution in [1.82, 2.24) is 19.9 Å². The van der Waals surface area contributed by atoms with E-state index in [1.54, 1.807) is 6.07 Å². The zero-order valence-corrected chi connectivity index (χ0v) is 18.2. The largest absolute Gasteiger partial charge is 0.477 e. The number of alkyl halides is 6. The molecular weight excluding hydrogens is 490 g/mol. The van der Waals surface area contributed by atoms with E-state index >= 15 is 0 Å². The Labute approximate surface area is 199 Å². The Kier molecular flexibility index (Phi) is 6.36. The lowest BCUT2D eigenvalue weighted by Crippen LogP contribution is -2.11. The van der Waals surface area contributed by atoms with Crippen LogP contribution in [0, 0.1) is 11.3 Å². The number of nitrogens with zero attached hydrogens (tertiary/aromatic N) is 5. The summed E-state index contributed by atoms with van der Waals surface area (Å²) in [6.07, 6.45) is -7.00. The van der Waals surface area contributed by atoms with Crippen molar-refractivity contribution >= 4 is 22.7 Å². The first-order chi connectivity index (χ1) is 17.0. The van der Waals surface area contributed by atoms with Gasteiger partial charge in [0.25, 0.3) is 0 Å². The van der Waals surface area contributed by atoms with Crippen LogP contribution >= 0.6 is 0 Å². The molecule has 0 spiro atoms. The number of anilines is 2. The van der Waals surface area contributed by atoms with Gasteiger partial charge in [0.05, 0.1) is 41.4 Å². The smallest absolute Gasteiger partial charge is 0.421 e. The van der Waals surface area contributed by atoms with E-state index in [2.05, 4.69) is 25.3 Å². The van der Waals surface area contributed by atoms with Gasteiger partial charge in [-0.25, -0.2) is 15.0 Å². The SMILES string of the molecule is CCOc1nc(Nc2ccnc3nc(-c4ccc(C#N)cc4C(F)(F)F)cnc23)ccc1C(F)(F)F. The predicted octanol–water partition coefficient (Wildman–Crippen LogP) is 6.14. The molecule has 13 heteroatoms. The summed E-state index contributed by atoms with van der Waals surface area (Å²) in [6.45, 7) is 1.48. The number of halogens is 6. The van der Waals surface area contributed by atoms with Gasteiger partial charge in [-0.2, -0.15) is 36.6 Å². The summed E-state index contributed by atoms with van der Waals surface area (Å²) >= 11 is 0. The number of hydrogen-bond donors (Lipinski definition) is 1. The number of aromatic nitrogens is 4. The van der Waals surface area contributed by atoms with Crippen LogP contribution in [-0.2, 0) is 12.4 Å². The number of nitriles is 1. The monoisotopic (exact) mass is 504 g/mol. The highest BCUT2D eigenvalue weighted by molar-refractivity contribution is 5.88. The average Bonchev–Trinajstić information content (AvgIpc) is 2.82. The van der Waals surface area contributed by atoms with Gasteiger partial charge in [-0.05, 0) is 37.3 Å². The predicted molar refractivity (Wildman–Crippen MR) is 116 cm³/mol. The summed E-state index contributed by atoms with van der Waals surface area (Å²) in [6, 6.07) is 8.12. The summed E-state index contributed by atoms with van der Waals surface area (Å²) in [7, 11) is 0. The zero-order chi connectivity index (χ0) is 26.1. The number of hydrogen-bond acceptors (Lipinski definition) is 7. The zero-order valence-electron chi connectivity index (χ0n) is 18.2. The lowest BCUT2D eigenvalue weighted by molar-refractivity contribution is -0.139. The van der Waals surface area contributed by atoms with Gasteiger partial charge in [0.1, 0.15) is 16.9 Å². The van der Waals surface area contributed by atoms with Crippen LogP contribution in [0.1, 0.15) is 23.6 Å². The normalized spacial score (nSPS) is 11.8. The van der Waals surface area contributed by atoms with E-state index in [1.165, 1.54) is 25.3 Å². The Bertz CT molecular complexity index is 1480. The first-order valence-electron chi connectivity index (χ1n) is 10.2. The van der Waals surface area contributed by atoms with E-state index in [4.69, 9.17) is 10.00 Å². The van der Waals surface area contributed by atoms with Crippen molar-refractivity contribution in [3.8, 4) is 23.2 Å². The molecule has 0 unspecified atom stereocenters. The maximum absolute atomic E-state index is 13.6. The van der Waals surface area contributed by atoms with Crippen LogP contribution in [0.3, 0.4) is 0 Å². The number of nitrogens with one attached hydrogen (secondary N) is 1. The van der Waals surface area contributed by atoms with Crippen LogP contribution in [0.15, 0.2) is 48.8 Å². The van der Waals surface area contributed by atoms with Crippen LogP contribution in [0.2, 0.25) is 0 Å². The quantitative estimate of drug-likeness (QED) is 0.326. The van der Waals surface area contributed by atoms with E-state index in [0.717, 1.165) is 30.5 Å². The molecule has 0 aliphatic rings. The Morgan fingerprint density at radius 1 is 0.944 bits per heavy atom. The van der Waals surface area contributed by atoms with Crippen LogP contribution < -0.4 is 10.1 Å². The number of benzene rings is 1. The summed E-state index contributed by atoms with van der Waals surface area (Å²) in [5.74, 6) is -0.599. The highest BCUT2D eigenvalue weighted by atomic mass is 19.4. The van der Waals surface area contributed by atoms with Gasteiger partial charge < -0.3 is 10.1 Å². The second kappa shape index (κ2) is 9.29. The van der Waals surface area contributed by atoms with Crippen molar-refractivity contribution < 1.29 is 31.1 Å². The number of pyridine rings is 2. The Morgan fingerprint density at radius 3 is 2.36 bits per heavy atom. The summed E-state index contributed by atoms with van der Waals surface area (Å²) < 4.78 is 85.4. The molecule has 4 aromatic rings. The molecule has 0 amide bonds. The van der Waals surface area contributed by atoms with Crippen molar-refractivity contribution in [1.29, 1.82) is 5.26 Å². The lowest BCUT2D eigenvalue weighted by Gasteiger charge is -2.15. The molecule has 0 saturated carbocycles. The van der Waals surface area contributed by atoms with Crippen LogP contribution in [0.4, 0.5) is 37.8 Å². The molecule has 36 heavy (non-hydrogen) atoms. The van der Waals surface area contributed by atoms with Crippen LogP contribution in [0.5, 0.6) is 5.88 Å². The highest BCUT2D eigenvalue weighted by Gasteiger charge is 2.36. The number of rotatable bonds is 5. The highest BCUT2D eigenvalue weighted by Crippen LogP contribution is 2.38. The summed E-state index contributed by atoms with van der Waals surface area (Å²) in [5, 5.41) is 11.8. The Morgan fingerprint density at radius 2 is 1.69 bits per heavy atom. The van der Waals surface area contributed by atoms with E-state index in [0.29, 0.717) is 0 Å². The van der Waals surface area contributed by atoms with Gasteiger partial charge in [0.15, 0.2) is 5.65 Å². The molecule has 0 radical (unpaired) electrons. The van der Waals surface area contributed by atoms with Gasteiger partial charge in [-0.15, -0.1) is 0 Å². The average molecular weight is 504 g/mol. The third-order valence-electron chi connectivity index (χ3n) is 4.89. The van der Waals surface area contributed by atoms with Crippen molar-refractivity contribution in [2.24, 2.45) is 0 Å². The van der Waals surface area contributed by atoms with Crippen molar-refractivity contribution in [3.05, 3.63) is 65.5 Å². The topological polar surface area (TPSA) is 96.6 Å². The molecule has 0 fully saturated rings. The molecule has 4 rings (SSSR count). The second-order valence-electron chi connectivity index (χ2n) is 7.26. The molecule has 0 atom stereocenters. The fourth-order valence-corrected chi connectivity index (χ4v) is 3.33. The summed E-state index contributed by atoms with van der Waals surface area (Å²) in [4.78, 5) is 16.3. The van der Waals surface area contributed by atoms with Gasteiger partial charge in [0, 0.05) is 11.8 Å². The second-order valence-corrected chi connectivity index (χ2v) is 7.26. The fraction of sp³-hybridized carbons (Fsp3) is 0.174. The van der Waals surface area contributed by atoms with E-state index in [1.807, 2.05) is 0 Å². The van der Waals surface area contributed by atoms with Gasteiger partial charge in [-0.3, -0.25) is 0 Å². The molecule has 1 N–H and O–H groups in total. The molecule has 0 saturated heterocycles. The first kappa shape index (κ1) is 24.6. The molecule has 0 bridgehead atoms. The summed E-state index contributed by atoms with van der Waals surface area (Å²) in [5.41, 5.74) is -2.31. The van der Waals surface area contributed by atoms with Crippen molar-refractivity contribution in [2.45, 2.75) is 19.3 Å². The molecule has 3 heterocycles. The molecule has 3 aromatic heterocycles. The number of ether oxygens (including phenoxy) is 1. The van der Waals surface area contributed by atoms with Crippen LogP contribution in [-0.4, -0.2) is 26.5 Å². The van der Waals surface area contributed by atoms with E-state index in [9.17, 15) is 26.3 Å². The van der Waals surface area contributed by atoms with Gasteiger partial charge in [-0.1, -0.05) is 6.07 Å². The fourth-order valence-electron chi connectivity index (χ4n) is 3.33. The molecule has 184 valence electrons. The van der Waals surface area contributed by atoms with Crippen LogP contribution in [0.25, 0.3) is 22.4 Å². The van der Waals surface area contributed by atoms with Gasteiger partial charge >= 0.3 is 12.4 Å². The minimum absolute atomic E-state index is 0.0104. The maximum atomic E-state index is 13.6. The Balaban J connectivity index is 1.74. The molecule has 1 aromatic carbocycles.